The average Bonchev–Trinajstić information content (AvgIpc) is 2.30. The molecule has 1 saturated carbocycles. The fourth-order valence-corrected chi connectivity index (χ4v) is 2.54. The number of nitrogens with one attached hydrogen (secondary N) is 1. The first-order valence-electron chi connectivity index (χ1n) is 6.28. The van der Waals surface area contributed by atoms with Crippen molar-refractivity contribution < 1.29 is 9.90 Å². The van der Waals surface area contributed by atoms with E-state index in [0.29, 0.717) is 11.6 Å². The van der Waals surface area contributed by atoms with Gasteiger partial charge < -0.3 is 10.4 Å². The van der Waals surface area contributed by atoms with Gasteiger partial charge in [0.1, 0.15) is 0 Å². The average molecular weight is 233 g/mol. The van der Waals surface area contributed by atoms with Crippen molar-refractivity contribution >= 4 is 11.7 Å². The van der Waals surface area contributed by atoms with Crippen LogP contribution < -0.4 is 5.32 Å². The van der Waals surface area contributed by atoms with E-state index in [-0.39, 0.29) is 0 Å². The second-order valence-electron chi connectivity index (χ2n) is 4.78. The Balaban J connectivity index is 2.19. The smallest absolute Gasteiger partial charge is 0.338 e. The van der Waals surface area contributed by atoms with Crippen molar-refractivity contribution in [3.63, 3.8) is 0 Å². The predicted octanol–water partition coefficient (Wildman–Crippen LogP) is 3.44. The van der Waals surface area contributed by atoms with Crippen LogP contribution in [0, 0.1) is 6.92 Å². The molecule has 1 aromatic rings. The normalized spacial score (nSPS) is 16.8. The van der Waals surface area contributed by atoms with Gasteiger partial charge in [0.2, 0.25) is 0 Å². The molecule has 3 heteroatoms. The molecule has 0 aliphatic heterocycles. The highest BCUT2D eigenvalue weighted by Crippen LogP contribution is 2.25. The van der Waals surface area contributed by atoms with Crippen molar-refractivity contribution in [2.75, 3.05) is 5.32 Å². The van der Waals surface area contributed by atoms with Crippen molar-refractivity contribution in [3.8, 4) is 0 Å². The van der Waals surface area contributed by atoms with Gasteiger partial charge in [0, 0.05) is 11.7 Å². The highest BCUT2D eigenvalue weighted by Gasteiger charge is 2.17. The molecular weight excluding hydrogens is 214 g/mol. The molecule has 0 radical (unpaired) electrons. The van der Waals surface area contributed by atoms with Crippen LogP contribution in [0.15, 0.2) is 18.2 Å². The third-order valence-corrected chi connectivity index (χ3v) is 3.45. The fraction of sp³-hybridized carbons (Fsp3) is 0.500. The van der Waals surface area contributed by atoms with Gasteiger partial charge in [0.05, 0.1) is 5.56 Å². The van der Waals surface area contributed by atoms with Crippen LogP contribution in [0.5, 0.6) is 0 Å². The summed E-state index contributed by atoms with van der Waals surface area (Å²) in [5.74, 6) is -0.846. The van der Waals surface area contributed by atoms with Gasteiger partial charge in [0.15, 0.2) is 0 Å². The van der Waals surface area contributed by atoms with Gasteiger partial charge in [-0.05, 0) is 31.4 Å². The van der Waals surface area contributed by atoms with E-state index in [9.17, 15) is 9.90 Å². The Labute approximate surface area is 102 Å². The van der Waals surface area contributed by atoms with E-state index >= 15 is 0 Å². The number of hydrogen-bond acceptors (Lipinski definition) is 2. The molecule has 1 aromatic carbocycles. The maximum Gasteiger partial charge on any atom is 0.338 e. The molecule has 2 N–H and O–H groups in total. The number of benzene rings is 1. The first kappa shape index (κ1) is 12.0. The van der Waals surface area contributed by atoms with Gasteiger partial charge in [-0.2, -0.15) is 0 Å². The minimum Gasteiger partial charge on any atom is -0.478 e. The Morgan fingerprint density at radius 3 is 2.65 bits per heavy atom. The summed E-state index contributed by atoms with van der Waals surface area (Å²) in [5.41, 5.74) is 2.00. The number of carbonyl (C=O) groups is 1. The molecule has 0 spiro atoms. The topological polar surface area (TPSA) is 49.3 Å². The van der Waals surface area contributed by atoms with Crippen LogP contribution in [0.25, 0.3) is 0 Å². The highest BCUT2D eigenvalue weighted by molar-refractivity contribution is 5.95. The van der Waals surface area contributed by atoms with Crippen LogP contribution in [-0.4, -0.2) is 17.1 Å². The molecule has 0 amide bonds. The van der Waals surface area contributed by atoms with Crippen LogP contribution in [0.4, 0.5) is 5.69 Å². The molecule has 0 saturated heterocycles. The van der Waals surface area contributed by atoms with Crippen LogP contribution in [-0.2, 0) is 0 Å². The Hall–Kier alpha value is -1.51. The van der Waals surface area contributed by atoms with E-state index < -0.39 is 5.97 Å². The van der Waals surface area contributed by atoms with Crippen molar-refractivity contribution in [1.82, 2.24) is 0 Å². The fourth-order valence-electron chi connectivity index (χ4n) is 2.54. The lowest BCUT2D eigenvalue weighted by Gasteiger charge is -2.25. The van der Waals surface area contributed by atoms with E-state index in [0.717, 1.165) is 24.1 Å². The maximum atomic E-state index is 11.2. The third-order valence-electron chi connectivity index (χ3n) is 3.45. The quantitative estimate of drug-likeness (QED) is 0.840. The monoisotopic (exact) mass is 233 g/mol. The van der Waals surface area contributed by atoms with Gasteiger partial charge in [0.25, 0.3) is 0 Å². The number of aryl methyl sites for hydroxylation is 1. The molecule has 0 aromatic heterocycles. The molecule has 0 unspecified atom stereocenters. The summed E-state index contributed by atoms with van der Waals surface area (Å²) in [6.45, 7) is 1.84. The lowest BCUT2D eigenvalue weighted by atomic mass is 9.94. The first-order valence-corrected chi connectivity index (χ1v) is 6.28. The van der Waals surface area contributed by atoms with Gasteiger partial charge in [-0.1, -0.05) is 31.4 Å². The standard InChI is InChI=1S/C14H19NO2/c1-10-6-5-9-12(13(10)14(16)17)15-11-7-3-2-4-8-11/h5-6,9,11,15H,2-4,7-8H2,1H3,(H,16,17). The second kappa shape index (κ2) is 5.21. The van der Waals surface area contributed by atoms with Crippen molar-refractivity contribution in [3.05, 3.63) is 29.3 Å². The Bertz CT molecular complexity index is 409. The van der Waals surface area contributed by atoms with Crippen LogP contribution >= 0.6 is 0 Å². The Kier molecular flexibility index (Phi) is 3.67. The molecule has 1 fully saturated rings. The van der Waals surface area contributed by atoms with Crippen LogP contribution in [0.2, 0.25) is 0 Å². The summed E-state index contributed by atoms with van der Waals surface area (Å²) < 4.78 is 0. The summed E-state index contributed by atoms with van der Waals surface area (Å²) in [4.78, 5) is 11.2. The molecule has 0 atom stereocenters. The molecular formula is C14H19NO2. The molecule has 1 aliphatic carbocycles. The summed E-state index contributed by atoms with van der Waals surface area (Å²) in [6, 6.07) is 6.05. The number of anilines is 1. The van der Waals surface area contributed by atoms with Crippen molar-refractivity contribution in [1.29, 1.82) is 0 Å². The van der Waals surface area contributed by atoms with E-state index in [1.807, 2.05) is 25.1 Å². The number of hydrogen-bond donors (Lipinski definition) is 2. The second-order valence-corrected chi connectivity index (χ2v) is 4.78. The molecule has 92 valence electrons. The first-order chi connectivity index (χ1) is 8.18. The molecule has 3 nitrogen and oxygen atoms in total. The summed E-state index contributed by atoms with van der Waals surface area (Å²) in [7, 11) is 0. The Morgan fingerprint density at radius 1 is 1.29 bits per heavy atom. The molecule has 2 rings (SSSR count). The summed E-state index contributed by atoms with van der Waals surface area (Å²) in [6.07, 6.45) is 6.08. The Morgan fingerprint density at radius 2 is 2.00 bits per heavy atom. The number of rotatable bonds is 3. The zero-order valence-corrected chi connectivity index (χ0v) is 10.2. The minimum atomic E-state index is -0.846. The molecule has 1 aliphatic rings. The van der Waals surface area contributed by atoms with Gasteiger partial charge in [-0.25, -0.2) is 4.79 Å². The van der Waals surface area contributed by atoms with Crippen LogP contribution in [0.3, 0.4) is 0 Å². The lowest BCUT2D eigenvalue weighted by Crippen LogP contribution is -2.23. The maximum absolute atomic E-state index is 11.2. The molecule has 0 bridgehead atoms. The largest absolute Gasteiger partial charge is 0.478 e. The van der Waals surface area contributed by atoms with Gasteiger partial charge >= 0.3 is 5.97 Å². The highest BCUT2D eigenvalue weighted by atomic mass is 16.4. The SMILES string of the molecule is Cc1cccc(NC2CCCCC2)c1C(=O)O. The van der Waals surface area contributed by atoms with E-state index in [1.54, 1.807) is 0 Å². The van der Waals surface area contributed by atoms with E-state index in [4.69, 9.17) is 0 Å². The number of aromatic carboxylic acids is 1. The third kappa shape index (κ3) is 2.78. The molecule has 0 heterocycles. The predicted molar refractivity (Wildman–Crippen MR) is 68.6 cm³/mol. The number of carboxylic acids is 1. The van der Waals surface area contributed by atoms with Gasteiger partial charge in [-0.15, -0.1) is 0 Å². The summed E-state index contributed by atoms with van der Waals surface area (Å²) in [5, 5.41) is 12.6. The zero-order valence-electron chi connectivity index (χ0n) is 10.2. The zero-order chi connectivity index (χ0) is 12.3. The van der Waals surface area contributed by atoms with E-state index in [2.05, 4.69) is 5.32 Å². The van der Waals surface area contributed by atoms with Crippen LogP contribution in [0.1, 0.15) is 48.0 Å². The summed E-state index contributed by atoms with van der Waals surface area (Å²) >= 11 is 0. The number of carboxylic acid groups (broad SMARTS) is 1. The van der Waals surface area contributed by atoms with E-state index in [1.165, 1.54) is 19.3 Å². The van der Waals surface area contributed by atoms with Gasteiger partial charge in [-0.3, -0.25) is 0 Å². The van der Waals surface area contributed by atoms with Crippen molar-refractivity contribution in [2.24, 2.45) is 0 Å². The molecule has 17 heavy (non-hydrogen) atoms. The lowest BCUT2D eigenvalue weighted by molar-refractivity contribution is 0.0697. The van der Waals surface area contributed by atoms with Crippen molar-refractivity contribution in [2.45, 2.75) is 45.1 Å². The minimum absolute atomic E-state index is 0.415.